The summed E-state index contributed by atoms with van der Waals surface area (Å²) in [6.45, 7) is 7.67. The van der Waals surface area contributed by atoms with E-state index in [0.717, 1.165) is 11.1 Å². The van der Waals surface area contributed by atoms with Crippen molar-refractivity contribution in [2.75, 3.05) is 0 Å². The van der Waals surface area contributed by atoms with Gasteiger partial charge in [0.1, 0.15) is 0 Å². The lowest BCUT2D eigenvalue weighted by Crippen LogP contribution is -1.91. The Morgan fingerprint density at radius 2 is 0.690 bits per heavy atom. The van der Waals surface area contributed by atoms with E-state index in [4.69, 9.17) is 0 Å². The Hall–Kier alpha value is -11.9. The molecule has 380 valence electrons. The van der Waals surface area contributed by atoms with Gasteiger partial charge in [-0.15, -0.1) is 0 Å². The molecule has 0 heterocycles. The number of rotatable bonds is 3. The molecule has 1 heteroatoms. The van der Waals surface area contributed by atoms with Gasteiger partial charge < -0.3 is 0 Å². The first-order chi connectivity index (χ1) is 41.5. The molecule has 0 saturated carbocycles. The Morgan fingerprint density at radius 3 is 1.31 bits per heavy atom. The molecule has 0 atom stereocenters. The normalized spacial score (nSPS) is 10.9. The van der Waals surface area contributed by atoms with Gasteiger partial charge >= 0.3 is 0 Å². The highest BCUT2D eigenvalue weighted by atomic mass is 14.3. The van der Waals surface area contributed by atoms with Gasteiger partial charge in [-0.1, -0.05) is 176 Å². The van der Waals surface area contributed by atoms with Crippen LogP contribution in [0.1, 0.15) is 30.5 Å². The van der Waals surface area contributed by atoms with Gasteiger partial charge in [-0.25, -0.2) is 0 Å². The molecule has 1 aliphatic rings. The molecule has 0 N–H and O–H groups in total. The minimum absolute atomic E-state index is 0.708. The Morgan fingerprint density at radius 1 is 0.262 bits per heavy atom. The summed E-state index contributed by atoms with van der Waals surface area (Å²) in [6.07, 6.45) is 0. The van der Waals surface area contributed by atoms with Gasteiger partial charge in [-0.05, 0) is 297 Å². The Labute approximate surface area is 487 Å². The first kappa shape index (κ1) is 49.2. The molecule has 1 aliphatic carbocycles. The molecule has 0 spiro atoms. The van der Waals surface area contributed by atoms with Crippen LogP contribution in [0.4, 0.5) is 0 Å². The van der Waals surface area contributed by atoms with E-state index < -0.39 is 0 Å². The summed E-state index contributed by atoms with van der Waals surface area (Å²) in [5, 5.41) is 36.3. The van der Waals surface area contributed by atoms with Gasteiger partial charge in [0.25, 0.3) is 0 Å². The topological polar surface area (TPSA) is 23.8 Å². The molecule has 84 heavy (non-hydrogen) atoms. The van der Waals surface area contributed by atoms with Crippen LogP contribution >= 0.6 is 0 Å². The van der Waals surface area contributed by atoms with Crippen molar-refractivity contribution < 1.29 is 0 Å². The number of hydrogen-bond acceptors (Lipinski definition) is 1. The molecule has 15 aromatic rings. The van der Waals surface area contributed by atoms with Gasteiger partial charge in [0.15, 0.2) is 0 Å². The van der Waals surface area contributed by atoms with Gasteiger partial charge in [-0.3, -0.25) is 0 Å². The van der Waals surface area contributed by atoms with Crippen LogP contribution < -0.4 is 0 Å². The van der Waals surface area contributed by atoms with Crippen LogP contribution in [0.25, 0.3) is 163 Å². The summed E-state index contributed by atoms with van der Waals surface area (Å²) < 4.78 is 0. The third kappa shape index (κ3) is 7.37. The van der Waals surface area contributed by atoms with Gasteiger partial charge in [0.2, 0.25) is 0 Å². The van der Waals surface area contributed by atoms with Crippen molar-refractivity contribution in [2.24, 2.45) is 0 Å². The average molecular weight is 1050 g/mol. The van der Waals surface area contributed by atoms with Gasteiger partial charge in [-0.2, -0.15) is 5.26 Å². The minimum Gasteiger partial charge on any atom is -0.192 e. The van der Waals surface area contributed by atoms with Crippen molar-refractivity contribution in [3.63, 3.8) is 0 Å². The Bertz CT molecular complexity index is 5830. The van der Waals surface area contributed by atoms with Crippen LogP contribution in [0.5, 0.6) is 0 Å². The second-order valence-electron chi connectivity index (χ2n) is 21.4. The van der Waals surface area contributed by atoms with Crippen molar-refractivity contribution in [3.05, 3.63) is 205 Å². The highest BCUT2D eigenvalue weighted by Crippen LogP contribution is 2.58. The fraction of sp³-hybridized carbons (Fsp3) is 0.0482. The van der Waals surface area contributed by atoms with Crippen molar-refractivity contribution in [3.8, 4) is 145 Å². The fourth-order valence-corrected chi connectivity index (χ4v) is 14.0. The monoisotopic (exact) mass is 1050 g/mol. The van der Waals surface area contributed by atoms with E-state index in [1.807, 2.05) is 12.1 Å². The highest BCUT2D eigenvalue weighted by Gasteiger charge is 2.30. The number of aryl methyl sites for hydroxylation is 2. The van der Waals surface area contributed by atoms with Gasteiger partial charge in [0.05, 0.1) is 11.6 Å². The third-order valence-corrected chi connectivity index (χ3v) is 17.0. The standard InChI is InChI=1S/C67H37N.C16H6/c1-35-30-37(34-68)31-36(2)57(35)40-20-21-43-47-22-23-48-50-26-28-53-63-54(29-27-51(61(50)63)49-24-25-52(55(43)33-40)59(47)60(48)49)66-64-46-19-11-10-18-45(46)58-42-16-7-6-14-39(42)32-56(67(58)64)62(65(53)66)44-17-9-8-15-41(44)38-12-4-3-5-13-38;1-3-5-7-9-11-13-15-16-14-12-10-8-6-4-2/h3-33H,1-2H3;1-2H3. The van der Waals surface area contributed by atoms with Crippen molar-refractivity contribution in [1.29, 1.82) is 5.26 Å². The van der Waals surface area contributed by atoms with E-state index in [0.29, 0.717) is 5.56 Å². The summed E-state index contributed by atoms with van der Waals surface area (Å²) in [7, 11) is 0. The molecule has 0 radical (unpaired) electrons. The quantitative estimate of drug-likeness (QED) is 0.0983. The zero-order valence-electron chi connectivity index (χ0n) is 46.3. The van der Waals surface area contributed by atoms with Crippen molar-refractivity contribution in [2.45, 2.75) is 27.7 Å². The first-order valence-electron chi connectivity index (χ1n) is 28.0. The van der Waals surface area contributed by atoms with Gasteiger partial charge in [0, 0.05) is 0 Å². The van der Waals surface area contributed by atoms with Crippen molar-refractivity contribution >= 4 is 108 Å². The zero-order chi connectivity index (χ0) is 56.6. The van der Waals surface area contributed by atoms with Crippen LogP contribution in [-0.2, 0) is 0 Å². The predicted octanol–water partition coefficient (Wildman–Crippen LogP) is 19.7. The molecular weight excluding hydrogens is 1010 g/mol. The van der Waals surface area contributed by atoms with Crippen LogP contribution in [0.2, 0.25) is 0 Å². The molecule has 16 rings (SSSR count). The van der Waals surface area contributed by atoms with Crippen molar-refractivity contribution in [1.82, 2.24) is 0 Å². The van der Waals surface area contributed by atoms with E-state index in [1.165, 1.54) is 163 Å². The zero-order valence-corrected chi connectivity index (χ0v) is 46.3. The second kappa shape index (κ2) is 19.7. The predicted molar refractivity (Wildman–Crippen MR) is 356 cm³/mol. The summed E-state index contributed by atoms with van der Waals surface area (Å²) in [5.74, 6) is 35.6. The number of nitrogens with zero attached hydrogens (tertiary/aromatic N) is 1. The summed E-state index contributed by atoms with van der Waals surface area (Å²) in [5.41, 5.74) is 15.6. The maximum atomic E-state index is 9.68. The third-order valence-electron chi connectivity index (χ3n) is 17.0. The Kier molecular flexibility index (Phi) is 11.5. The smallest absolute Gasteiger partial charge is 0.0991 e. The van der Waals surface area contributed by atoms with E-state index in [2.05, 4.69) is 279 Å². The molecule has 0 aliphatic heterocycles. The molecule has 0 unspecified atom stereocenters. The number of nitriles is 1. The summed E-state index contributed by atoms with van der Waals surface area (Å²) in [6, 6.07) is 73.4. The van der Waals surface area contributed by atoms with E-state index in [1.54, 1.807) is 13.8 Å². The molecule has 0 saturated heterocycles. The molecule has 0 fully saturated rings. The number of hydrogen-bond donors (Lipinski definition) is 0. The highest BCUT2D eigenvalue weighted by molar-refractivity contribution is 6.52. The van der Waals surface area contributed by atoms with Crippen LogP contribution in [0.15, 0.2) is 188 Å². The average Bonchev–Trinajstić information content (AvgIpc) is 2.40. The largest absolute Gasteiger partial charge is 0.192 e. The molecule has 0 bridgehead atoms. The maximum absolute atomic E-state index is 9.68. The number of benzene rings is 13. The summed E-state index contributed by atoms with van der Waals surface area (Å²) in [4.78, 5) is 0. The van der Waals surface area contributed by atoms with E-state index in [-0.39, 0.29) is 0 Å². The Balaban J connectivity index is 0.000000331. The number of fused-ring (bicyclic) bond motifs is 14. The maximum Gasteiger partial charge on any atom is 0.0991 e. The lowest BCUT2D eigenvalue weighted by molar-refractivity contribution is 1.35. The SMILES string of the molecule is CC#CC#CC#CC#CC#CC#CC#CC.Cc1cc(C#N)cc(C)c1-c1ccc2c(c1)-c1ccc3c4ccc5c6c(ccc(c7ccc-2c1c73)c46)c1c(-c2ccccc2-c2ccccc2)c2cc3ccccc3c3c4ccccc4c(c51)c23. The van der Waals surface area contributed by atoms with Crippen LogP contribution in [0.3, 0.4) is 0 Å². The molecule has 0 aromatic heterocycles. The van der Waals surface area contributed by atoms with Crippen LogP contribution in [0, 0.1) is 108 Å². The lowest BCUT2D eigenvalue weighted by Gasteiger charge is -2.17. The molecule has 1 nitrogen and oxygen atoms in total. The lowest BCUT2D eigenvalue weighted by atomic mass is 9.85. The van der Waals surface area contributed by atoms with Crippen LogP contribution in [-0.4, -0.2) is 0 Å². The second-order valence-corrected chi connectivity index (χ2v) is 21.4. The summed E-state index contributed by atoms with van der Waals surface area (Å²) >= 11 is 0. The molecular formula is C83H43N. The van der Waals surface area contributed by atoms with E-state index >= 15 is 0 Å². The molecule has 0 amide bonds. The molecule has 15 aromatic carbocycles. The fourth-order valence-electron chi connectivity index (χ4n) is 14.0. The minimum atomic E-state index is 0.708. The first-order valence-corrected chi connectivity index (χ1v) is 28.0. The van der Waals surface area contributed by atoms with E-state index in [9.17, 15) is 5.26 Å².